The SMILES string of the molecule is CC(=O)N[C@@H](Cc1cnc[nH]1)C(=O)O.NC(=O)c1c(N)c2ccccc2oc1=O.NCCCC[C@H](N)C(=O)O.NCCCC[C@H](N)C(=O)O.N[C@@H](Cc1ccccc1)C(=O)O. The van der Waals surface area contributed by atoms with Crippen molar-refractivity contribution in [3.63, 3.8) is 0 Å². The third kappa shape index (κ3) is 23.5. The van der Waals surface area contributed by atoms with Crippen molar-refractivity contribution in [3.05, 3.63) is 94.4 Å². The summed E-state index contributed by atoms with van der Waals surface area (Å²) in [5, 5.41) is 36.8. The number of nitrogen functional groups attached to an aromatic ring is 1. The number of carboxylic acid groups (broad SMARTS) is 4. The number of anilines is 1. The summed E-state index contributed by atoms with van der Waals surface area (Å²) in [5.41, 5.74) is 37.8. The smallest absolute Gasteiger partial charge is 0.351 e. The van der Waals surface area contributed by atoms with Gasteiger partial charge in [0.1, 0.15) is 35.3 Å². The van der Waals surface area contributed by atoms with Crippen LogP contribution in [0, 0.1) is 0 Å². The number of nitrogens with zero attached hydrogens (tertiary/aromatic N) is 1. The molecule has 2 aromatic carbocycles. The number of carbonyl (C=O) groups is 6. The first-order chi connectivity index (χ1) is 28.8. The molecule has 0 spiro atoms. The highest BCUT2D eigenvalue weighted by Crippen LogP contribution is 2.21. The Morgan fingerprint density at radius 1 is 0.738 bits per heavy atom. The zero-order valence-electron chi connectivity index (χ0n) is 33.8. The molecule has 4 rings (SSSR count). The number of nitrogens with two attached hydrogens (primary N) is 7. The summed E-state index contributed by atoms with van der Waals surface area (Å²) in [6, 6.07) is 12.9. The van der Waals surface area contributed by atoms with E-state index in [1.165, 1.54) is 19.4 Å². The Morgan fingerprint density at radius 2 is 1.25 bits per heavy atom. The second-order valence-corrected chi connectivity index (χ2v) is 13.0. The maximum atomic E-state index is 11.3. The largest absolute Gasteiger partial charge is 0.480 e. The average molecular weight is 859 g/mol. The fourth-order valence-electron chi connectivity index (χ4n) is 4.69. The average Bonchev–Trinajstić information content (AvgIpc) is 3.72. The van der Waals surface area contributed by atoms with Crippen molar-refractivity contribution in [2.24, 2.45) is 34.4 Å². The molecule has 22 heteroatoms. The van der Waals surface area contributed by atoms with Crippen molar-refractivity contribution in [1.29, 1.82) is 0 Å². The van der Waals surface area contributed by atoms with E-state index in [9.17, 15) is 33.6 Å². The number of carboxylic acids is 4. The quantitative estimate of drug-likeness (QED) is 0.0451. The van der Waals surface area contributed by atoms with E-state index < -0.39 is 59.6 Å². The van der Waals surface area contributed by atoms with Gasteiger partial charge in [0.15, 0.2) is 0 Å². The first-order valence-corrected chi connectivity index (χ1v) is 18.7. The molecule has 2 aromatic heterocycles. The van der Waals surface area contributed by atoms with Gasteiger partial charge in [-0.2, -0.15) is 0 Å². The van der Waals surface area contributed by atoms with Gasteiger partial charge in [-0.15, -0.1) is 0 Å². The lowest BCUT2D eigenvalue weighted by molar-refractivity contribution is -0.141. The summed E-state index contributed by atoms with van der Waals surface area (Å²) in [7, 11) is 0. The van der Waals surface area contributed by atoms with Crippen LogP contribution in [0.4, 0.5) is 5.69 Å². The monoisotopic (exact) mass is 858 g/mol. The second-order valence-electron chi connectivity index (χ2n) is 13.0. The van der Waals surface area contributed by atoms with E-state index in [1.54, 1.807) is 24.3 Å². The molecule has 4 atom stereocenters. The van der Waals surface area contributed by atoms with Gasteiger partial charge in [0, 0.05) is 30.6 Å². The van der Waals surface area contributed by atoms with Crippen LogP contribution in [0.1, 0.15) is 67.1 Å². The predicted molar refractivity (Wildman–Crippen MR) is 226 cm³/mol. The maximum Gasteiger partial charge on any atom is 0.351 e. The molecule has 0 radical (unpaired) electrons. The minimum atomic E-state index is -1.06. The number of primary amides is 1. The predicted octanol–water partition coefficient (Wildman–Crippen LogP) is -0.289. The van der Waals surface area contributed by atoms with Crippen LogP contribution in [0.3, 0.4) is 0 Å². The molecule has 61 heavy (non-hydrogen) atoms. The van der Waals surface area contributed by atoms with Crippen molar-refractivity contribution in [2.45, 2.75) is 82.5 Å². The highest BCUT2D eigenvalue weighted by Gasteiger charge is 2.19. The molecule has 0 unspecified atom stereocenters. The Hall–Kier alpha value is -6.72. The molecule has 0 aliphatic carbocycles. The minimum Gasteiger partial charge on any atom is -0.480 e. The van der Waals surface area contributed by atoms with Gasteiger partial charge in [0.05, 0.1) is 12.0 Å². The molecule has 0 bridgehead atoms. The Labute approximate surface area is 350 Å². The van der Waals surface area contributed by atoms with E-state index in [0.29, 0.717) is 49.0 Å². The highest BCUT2D eigenvalue weighted by molar-refractivity contribution is 6.04. The lowest BCUT2D eigenvalue weighted by Gasteiger charge is -2.11. The number of aromatic nitrogens is 2. The van der Waals surface area contributed by atoms with E-state index >= 15 is 0 Å². The normalized spacial score (nSPS) is 12.0. The van der Waals surface area contributed by atoms with Crippen molar-refractivity contribution < 1.29 is 53.6 Å². The van der Waals surface area contributed by atoms with E-state index in [2.05, 4.69) is 15.3 Å². The Bertz CT molecular complexity index is 1970. The zero-order valence-corrected chi connectivity index (χ0v) is 33.8. The molecule has 4 aromatic rings. The topological polar surface area (TPSA) is 436 Å². The number of unbranched alkanes of at least 4 members (excludes halogenated alkanes) is 2. The van der Waals surface area contributed by atoms with Crippen LogP contribution >= 0.6 is 0 Å². The molecule has 0 saturated heterocycles. The fourth-order valence-corrected chi connectivity index (χ4v) is 4.69. The minimum absolute atomic E-state index is 0.0642. The van der Waals surface area contributed by atoms with Gasteiger partial charge in [-0.1, -0.05) is 55.3 Å². The number of benzene rings is 2. The van der Waals surface area contributed by atoms with Gasteiger partial charge in [0.2, 0.25) is 5.91 Å². The van der Waals surface area contributed by atoms with Crippen molar-refractivity contribution >= 4 is 52.3 Å². The number of hydrogen-bond donors (Lipinski definition) is 13. The van der Waals surface area contributed by atoms with E-state index in [0.717, 1.165) is 31.2 Å². The van der Waals surface area contributed by atoms with Crippen molar-refractivity contribution in [2.75, 3.05) is 18.8 Å². The maximum absolute atomic E-state index is 11.3. The van der Waals surface area contributed by atoms with Crippen LogP contribution in [0.15, 0.2) is 76.3 Å². The molecular weight excluding hydrogens is 800 g/mol. The van der Waals surface area contributed by atoms with Gasteiger partial charge < -0.3 is 75.3 Å². The molecular formula is C39H58N10O12. The van der Waals surface area contributed by atoms with Crippen molar-refractivity contribution in [1.82, 2.24) is 15.3 Å². The lowest BCUT2D eigenvalue weighted by Crippen LogP contribution is -2.41. The summed E-state index contributed by atoms with van der Waals surface area (Å²) in [6.45, 7) is 2.49. The Morgan fingerprint density at radius 3 is 1.67 bits per heavy atom. The number of rotatable bonds is 18. The summed E-state index contributed by atoms with van der Waals surface area (Å²) in [5.74, 6) is -5.13. The fraction of sp³-hybridized carbons (Fsp3) is 0.385. The first kappa shape index (κ1) is 54.3. The summed E-state index contributed by atoms with van der Waals surface area (Å²) in [6.07, 6.45) is 7.90. The van der Waals surface area contributed by atoms with Gasteiger partial charge in [-0.3, -0.25) is 24.0 Å². The number of aliphatic carboxylic acids is 4. The third-order valence-electron chi connectivity index (χ3n) is 7.94. The van der Waals surface area contributed by atoms with Gasteiger partial charge in [-0.25, -0.2) is 14.6 Å². The molecule has 0 saturated carbocycles. The molecule has 0 aliphatic rings. The first-order valence-electron chi connectivity index (χ1n) is 18.7. The molecule has 0 fully saturated rings. The Kier molecular flexibility index (Phi) is 27.0. The number of nitrogens with one attached hydrogen (secondary N) is 2. The summed E-state index contributed by atoms with van der Waals surface area (Å²) < 4.78 is 4.90. The number of imidazole rings is 1. The number of carbonyl (C=O) groups excluding carboxylic acids is 2. The number of para-hydroxylation sites is 1. The van der Waals surface area contributed by atoms with Crippen LogP contribution in [0.25, 0.3) is 11.0 Å². The molecule has 20 N–H and O–H groups in total. The molecule has 0 aliphatic heterocycles. The molecule has 2 heterocycles. The van der Waals surface area contributed by atoms with Gasteiger partial charge in [-0.05, 0) is 62.9 Å². The standard InChI is InChI=1S/C10H8N2O3.C9H11NO2.C8H11N3O3.2C6H14N2O2/c11-8-5-3-1-2-4-6(5)15-10(14)7(8)9(12)13;10-8(9(11)12)6-7-4-2-1-3-5-7;1-5(12)11-7(8(13)14)2-6-3-9-4-10-6;2*7-4-2-1-3-5(8)6(9)10/h1-4H,11H2,(H2,12,13);1-5,8H,6,10H2,(H,11,12);3-4,7H,2H2,1H3,(H,9,10)(H,11,12)(H,13,14);2*5H,1-4,7-8H2,(H,9,10)/t;8-;7-;2*5-/m.0000/s1. The zero-order chi connectivity index (χ0) is 46.5. The van der Waals surface area contributed by atoms with E-state index in [4.69, 9.17) is 65.0 Å². The lowest BCUT2D eigenvalue weighted by atomic mass is 10.1. The van der Waals surface area contributed by atoms with Crippen LogP contribution in [-0.4, -0.2) is 103 Å². The van der Waals surface area contributed by atoms with Crippen LogP contribution in [0.2, 0.25) is 0 Å². The van der Waals surface area contributed by atoms with Crippen LogP contribution < -0.4 is 51.1 Å². The van der Waals surface area contributed by atoms with Crippen LogP contribution in [-0.2, 0) is 36.8 Å². The van der Waals surface area contributed by atoms with Crippen molar-refractivity contribution in [3.8, 4) is 0 Å². The van der Waals surface area contributed by atoms with Gasteiger partial charge >= 0.3 is 29.5 Å². The number of amides is 2. The molecule has 22 nitrogen and oxygen atoms in total. The molecule has 336 valence electrons. The summed E-state index contributed by atoms with van der Waals surface area (Å²) >= 11 is 0. The molecule has 2 amide bonds. The van der Waals surface area contributed by atoms with Crippen LogP contribution in [0.5, 0.6) is 0 Å². The number of fused-ring (bicyclic) bond motifs is 1. The third-order valence-corrected chi connectivity index (χ3v) is 7.94. The Balaban J connectivity index is 0.000000746. The number of hydrogen-bond acceptors (Lipinski definition) is 15. The number of aromatic amines is 1. The highest BCUT2D eigenvalue weighted by atomic mass is 16.4. The number of H-pyrrole nitrogens is 1. The van der Waals surface area contributed by atoms with Gasteiger partial charge in [0.25, 0.3) is 5.91 Å². The van der Waals surface area contributed by atoms with E-state index in [-0.39, 0.29) is 23.6 Å². The summed E-state index contributed by atoms with van der Waals surface area (Å²) in [4.78, 5) is 80.9. The van der Waals surface area contributed by atoms with E-state index in [1.807, 2.05) is 30.3 Å². The second kappa shape index (κ2) is 30.3.